The Morgan fingerprint density at radius 3 is 2.62 bits per heavy atom. The molecule has 0 radical (unpaired) electrons. The van der Waals surface area contributed by atoms with Gasteiger partial charge in [0.2, 0.25) is 0 Å². The molecule has 0 aromatic rings. The molecule has 0 amide bonds. The van der Waals surface area contributed by atoms with Gasteiger partial charge in [0.15, 0.2) is 0 Å². The van der Waals surface area contributed by atoms with E-state index in [1.54, 1.807) is 11.8 Å². The summed E-state index contributed by atoms with van der Waals surface area (Å²) in [5.74, 6) is 0.151. The Hall–Kier alpha value is -0.100. The number of aliphatic imine (C=N–C) groups is 1. The molecule has 0 bridgehead atoms. The van der Waals surface area contributed by atoms with Crippen molar-refractivity contribution in [2.45, 2.75) is 43.8 Å². The summed E-state index contributed by atoms with van der Waals surface area (Å²) in [5.41, 5.74) is 0. The zero-order valence-corrected chi connectivity index (χ0v) is 10.4. The van der Waals surface area contributed by atoms with Crippen LogP contribution in [0, 0.1) is 11.8 Å². The number of aliphatic hydroxyl groups is 3. The molecule has 1 saturated carbocycles. The highest BCUT2D eigenvalue weighted by molar-refractivity contribution is 8.14. The van der Waals surface area contributed by atoms with Gasteiger partial charge in [-0.25, -0.2) is 0 Å². The van der Waals surface area contributed by atoms with E-state index in [2.05, 4.69) is 18.8 Å². The monoisotopic (exact) mass is 245 g/mol. The maximum atomic E-state index is 9.97. The summed E-state index contributed by atoms with van der Waals surface area (Å²) in [7, 11) is 0. The van der Waals surface area contributed by atoms with E-state index in [0.29, 0.717) is 5.92 Å². The van der Waals surface area contributed by atoms with Crippen LogP contribution in [0.25, 0.3) is 0 Å². The molecule has 1 heterocycles. The largest absolute Gasteiger partial charge is 0.396 e. The van der Waals surface area contributed by atoms with Gasteiger partial charge in [0.1, 0.15) is 6.10 Å². The molecule has 2 rings (SSSR count). The van der Waals surface area contributed by atoms with Crippen molar-refractivity contribution < 1.29 is 15.3 Å². The third-order valence-corrected chi connectivity index (χ3v) is 4.97. The fourth-order valence-corrected chi connectivity index (χ4v) is 3.83. The van der Waals surface area contributed by atoms with Crippen LogP contribution in [0.15, 0.2) is 4.99 Å². The molecule has 4 nitrogen and oxygen atoms in total. The topological polar surface area (TPSA) is 73.1 Å². The SMILES string of the molecule is CC(C)C1=N[C@H]2[C@@H](O)[C@H](O)[C@@H](CO)C[C@H]2S1. The summed E-state index contributed by atoms with van der Waals surface area (Å²) in [4.78, 5) is 4.50. The van der Waals surface area contributed by atoms with Gasteiger partial charge < -0.3 is 15.3 Å². The standard InChI is InChI=1S/C11H19NO3S/c1-5(2)11-12-8-7(16-11)3-6(4-13)9(14)10(8)15/h5-10,13-15H,3-4H2,1-2H3/t6-,7-,8-,9-,10-/m1/s1. The van der Waals surface area contributed by atoms with E-state index >= 15 is 0 Å². The Morgan fingerprint density at radius 1 is 1.38 bits per heavy atom. The molecular formula is C11H19NO3S. The summed E-state index contributed by atoms with van der Waals surface area (Å²) >= 11 is 1.70. The van der Waals surface area contributed by atoms with Gasteiger partial charge >= 0.3 is 0 Å². The maximum Gasteiger partial charge on any atom is 0.104 e. The maximum absolute atomic E-state index is 9.97. The lowest BCUT2D eigenvalue weighted by Gasteiger charge is -2.37. The zero-order chi connectivity index (χ0) is 11.9. The number of fused-ring (bicyclic) bond motifs is 1. The Bertz CT molecular complexity index is 295. The van der Waals surface area contributed by atoms with Gasteiger partial charge in [-0.3, -0.25) is 4.99 Å². The first kappa shape index (κ1) is 12.4. The lowest BCUT2D eigenvalue weighted by atomic mass is 9.81. The lowest BCUT2D eigenvalue weighted by molar-refractivity contribution is -0.0646. The average Bonchev–Trinajstić information content (AvgIpc) is 2.67. The van der Waals surface area contributed by atoms with E-state index < -0.39 is 12.2 Å². The van der Waals surface area contributed by atoms with Gasteiger partial charge in [-0.15, -0.1) is 11.8 Å². The van der Waals surface area contributed by atoms with Gasteiger partial charge in [-0.2, -0.15) is 0 Å². The molecule has 0 spiro atoms. The third-order valence-electron chi connectivity index (χ3n) is 3.38. The second kappa shape index (κ2) is 4.64. The van der Waals surface area contributed by atoms with Crippen molar-refractivity contribution in [3.05, 3.63) is 0 Å². The summed E-state index contributed by atoms with van der Waals surface area (Å²) in [6.45, 7) is 4.09. The van der Waals surface area contributed by atoms with Crippen molar-refractivity contribution in [3.63, 3.8) is 0 Å². The quantitative estimate of drug-likeness (QED) is 0.652. The van der Waals surface area contributed by atoms with E-state index in [4.69, 9.17) is 5.11 Å². The number of thioether (sulfide) groups is 1. The summed E-state index contributed by atoms with van der Waals surface area (Å²) in [6.07, 6.45) is -0.953. The van der Waals surface area contributed by atoms with Crippen LogP contribution in [0.3, 0.4) is 0 Å². The molecule has 0 aromatic carbocycles. The molecule has 2 aliphatic rings. The molecule has 1 aliphatic carbocycles. The first-order valence-electron chi connectivity index (χ1n) is 5.76. The van der Waals surface area contributed by atoms with Crippen molar-refractivity contribution in [1.82, 2.24) is 0 Å². The highest BCUT2D eigenvalue weighted by Gasteiger charge is 2.46. The number of hydrogen-bond donors (Lipinski definition) is 3. The van der Waals surface area contributed by atoms with Gasteiger partial charge in [0.05, 0.1) is 17.2 Å². The first-order valence-corrected chi connectivity index (χ1v) is 6.64. The van der Waals surface area contributed by atoms with Gasteiger partial charge in [0.25, 0.3) is 0 Å². The molecule has 1 fully saturated rings. The minimum Gasteiger partial charge on any atom is -0.396 e. The second-order valence-corrected chi connectivity index (χ2v) is 6.19. The molecule has 3 N–H and O–H groups in total. The van der Waals surface area contributed by atoms with Crippen LogP contribution in [-0.2, 0) is 0 Å². The van der Waals surface area contributed by atoms with Crippen molar-refractivity contribution >= 4 is 16.8 Å². The normalized spacial score (nSPS) is 43.4. The van der Waals surface area contributed by atoms with Crippen molar-refractivity contribution in [2.75, 3.05) is 6.61 Å². The molecule has 5 heteroatoms. The summed E-state index contributed by atoms with van der Waals surface area (Å²) in [6, 6.07) is -0.194. The Labute approximate surface area is 99.8 Å². The minimum absolute atomic E-state index is 0.0704. The molecule has 92 valence electrons. The summed E-state index contributed by atoms with van der Waals surface area (Å²) in [5, 5.41) is 30.2. The lowest BCUT2D eigenvalue weighted by Crippen LogP contribution is -2.51. The predicted octanol–water partition coefficient (Wildman–Crippen LogP) is 0.259. The zero-order valence-electron chi connectivity index (χ0n) is 9.58. The third kappa shape index (κ3) is 2.01. The smallest absolute Gasteiger partial charge is 0.104 e. The van der Waals surface area contributed by atoms with Crippen molar-refractivity contribution in [1.29, 1.82) is 0 Å². The molecule has 1 aliphatic heterocycles. The molecular weight excluding hydrogens is 226 g/mol. The Morgan fingerprint density at radius 2 is 2.06 bits per heavy atom. The number of nitrogens with zero attached hydrogens (tertiary/aromatic N) is 1. The minimum atomic E-state index is -0.845. The van der Waals surface area contributed by atoms with E-state index in [9.17, 15) is 10.2 Å². The van der Waals surface area contributed by atoms with Crippen molar-refractivity contribution in [2.24, 2.45) is 16.8 Å². The van der Waals surface area contributed by atoms with Crippen LogP contribution in [-0.4, -0.2) is 50.5 Å². The van der Waals surface area contributed by atoms with Crippen LogP contribution in [0.4, 0.5) is 0 Å². The first-order chi connectivity index (χ1) is 7.54. The van der Waals surface area contributed by atoms with Gasteiger partial charge in [0, 0.05) is 23.7 Å². The number of aliphatic hydroxyl groups excluding tert-OH is 3. The van der Waals surface area contributed by atoms with Gasteiger partial charge in [-0.05, 0) is 6.42 Å². The fraction of sp³-hybridized carbons (Fsp3) is 0.909. The van der Waals surface area contributed by atoms with E-state index in [-0.39, 0.29) is 23.8 Å². The van der Waals surface area contributed by atoms with E-state index in [0.717, 1.165) is 11.5 Å². The number of rotatable bonds is 2. The Balaban J connectivity index is 2.14. The highest BCUT2D eigenvalue weighted by atomic mass is 32.2. The average molecular weight is 245 g/mol. The van der Waals surface area contributed by atoms with E-state index in [1.807, 2.05) is 0 Å². The number of hydrogen-bond acceptors (Lipinski definition) is 5. The van der Waals surface area contributed by atoms with Crippen LogP contribution in [0.5, 0.6) is 0 Å². The molecule has 5 atom stereocenters. The fourth-order valence-electron chi connectivity index (χ4n) is 2.36. The summed E-state index contributed by atoms with van der Waals surface area (Å²) < 4.78 is 0. The predicted molar refractivity (Wildman–Crippen MR) is 64.6 cm³/mol. The Kier molecular flexibility index (Phi) is 3.59. The molecule has 0 saturated heterocycles. The van der Waals surface area contributed by atoms with Crippen LogP contribution < -0.4 is 0 Å². The highest BCUT2D eigenvalue weighted by Crippen LogP contribution is 2.41. The van der Waals surface area contributed by atoms with E-state index in [1.165, 1.54) is 0 Å². The van der Waals surface area contributed by atoms with Crippen LogP contribution in [0.2, 0.25) is 0 Å². The van der Waals surface area contributed by atoms with Crippen LogP contribution >= 0.6 is 11.8 Å². The molecule has 16 heavy (non-hydrogen) atoms. The molecule has 0 aromatic heterocycles. The van der Waals surface area contributed by atoms with Crippen LogP contribution in [0.1, 0.15) is 20.3 Å². The van der Waals surface area contributed by atoms with Crippen molar-refractivity contribution in [3.8, 4) is 0 Å². The second-order valence-electron chi connectivity index (χ2n) is 4.93. The van der Waals surface area contributed by atoms with Gasteiger partial charge in [-0.1, -0.05) is 13.8 Å². The molecule has 0 unspecified atom stereocenters.